The first-order valence-corrected chi connectivity index (χ1v) is 9.16. The van der Waals surface area contributed by atoms with Crippen LogP contribution in [0.5, 0.6) is 0 Å². The van der Waals surface area contributed by atoms with E-state index < -0.39 is 0 Å². The highest BCUT2D eigenvalue weighted by Gasteiger charge is 2.16. The van der Waals surface area contributed by atoms with Gasteiger partial charge in [0.05, 0.1) is 23.1 Å². The van der Waals surface area contributed by atoms with E-state index in [1.807, 2.05) is 12.1 Å². The highest BCUT2D eigenvalue weighted by atomic mass is 32.1. The summed E-state index contributed by atoms with van der Waals surface area (Å²) in [5, 5.41) is 11.6. The Kier molecular flexibility index (Phi) is 4.26. The molecule has 0 radical (unpaired) electrons. The van der Waals surface area contributed by atoms with E-state index >= 15 is 0 Å². The number of hydrogen-bond donors (Lipinski definition) is 1. The van der Waals surface area contributed by atoms with Crippen LogP contribution in [0.3, 0.4) is 0 Å². The molecule has 25 heavy (non-hydrogen) atoms. The monoisotopic (exact) mass is 350 g/mol. The van der Waals surface area contributed by atoms with Crippen LogP contribution in [-0.4, -0.2) is 23.0 Å². The summed E-state index contributed by atoms with van der Waals surface area (Å²) in [6.45, 7) is 3.34. The average Bonchev–Trinajstić information content (AvgIpc) is 3.37. The number of likely N-dealkylation sites (tertiary alicyclic amines) is 1. The van der Waals surface area contributed by atoms with Crippen LogP contribution in [0.25, 0.3) is 21.7 Å². The minimum atomic E-state index is 0.255. The number of nitrogens with zero attached hydrogens (tertiary/aromatic N) is 3. The zero-order chi connectivity index (χ0) is 17.2. The van der Waals surface area contributed by atoms with Crippen molar-refractivity contribution < 1.29 is 4.42 Å². The van der Waals surface area contributed by atoms with Crippen LogP contribution in [-0.2, 0) is 6.54 Å². The van der Waals surface area contributed by atoms with Gasteiger partial charge in [0.25, 0.3) is 0 Å². The first-order valence-electron chi connectivity index (χ1n) is 8.28. The van der Waals surface area contributed by atoms with Crippen LogP contribution in [0.15, 0.2) is 40.5 Å². The fourth-order valence-corrected chi connectivity index (χ4v) is 4.11. The maximum absolute atomic E-state index is 9.42. The number of pyridine rings is 1. The summed E-state index contributed by atoms with van der Waals surface area (Å²) >= 11 is 1.66. The quantitative estimate of drug-likeness (QED) is 0.765. The van der Waals surface area contributed by atoms with Crippen molar-refractivity contribution in [3.63, 3.8) is 0 Å². The van der Waals surface area contributed by atoms with E-state index in [0.717, 1.165) is 28.2 Å². The number of nitrogen functional groups attached to an aromatic ring is 1. The molecule has 1 aliphatic rings. The van der Waals surface area contributed by atoms with Gasteiger partial charge in [-0.25, -0.2) is 4.98 Å². The van der Waals surface area contributed by atoms with Crippen LogP contribution in [0.4, 0.5) is 5.82 Å². The number of aromatic nitrogens is 1. The average molecular weight is 350 g/mol. The summed E-state index contributed by atoms with van der Waals surface area (Å²) in [6.07, 6.45) is 5.79. The molecule has 0 unspecified atom stereocenters. The maximum Gasteiger partial charge on any atom is 0.142 e. The van der Waals surface area contributed by atoms with Gasteiger partial charge in [-0.05, 0) is 55.1 Å². The number of nitrogens with two attached hydrogens (primary N) is 1. The van der Waals surface area contributed by atoms with Gasteiger partial charge < -0.3 is 10.2 Å². The first kappa shape index (κ1) is 15.9. The lowest BCUT2D eigenvalue weighted by atomic mass is 10.0. The number of nitriles is 1. The van der Waals surface area contributed by atoms with E-state index in [-0.39, 0.29) is 5.82 Å². The molecule has 126 valence electrons. The second-order valence-electron chi connectivity index (χ2n) is 6.24. The van der Waals surface area contributed by atoms with E-state index in [9.17, 15) is 5.26 Å². The van der Waals surface area contributed by atoms with Crippen molar-refractivity contribution in [2.75, 3.05) is 18.8 Å². The predicted molar refractivity (Wildman–Crippen MR) is 98.9 cm³/mol. The van der Waals surface area contributed by atoms with Crippen molar-refractivity contribution in [1.29, 1.82) is 5.26 Å². The molecule has 0 atom stereocenters. The molecule has 1 aliphatic heterocycles. The Labute approximate surface area is 150 Å². The summed E-state index contributed by atoms with van der Waals surface area (Å²) < 4.78 is 5.16. The van der Waals surface area contributed by atoms with E-state index in [1.54, 1.807) is 23.9 Å². The Balaban J connectivity index is 1.69. The van der Waals surface area contributed by atoms with Crippen molar-refractivity contribution in [3.8, 4) is 27.8 Å². The highest BCUT2D eigenvalue weighted by Crippen LogP contribution is 2.34. The largest absolute Gasteiger partial charge is 0.472 e. The molecule has 4 rings (SSSR count). The third-order valence-electron chi connectivity index (χ3n) is 4.50. The van der Waals surface area contributed by atoms with Crippen LogP contribution in [0, 0.1) is 11.3 Å². The minimum Gasteiger partial charge on any atom is -0.472 e. The molecule has 0 bridgehead atoms. The number of furan rings is 1. The van der Waals surface area contributed by atoms with Gasteiger partial charge in [-0.3, -0.25) is 4.90 Å². The molecule has 2 N–H and O–H groups in total. The zero-order valence-electron chi connectivity index (χ0n) is 13.7. The molecule has 6 heteroatoms. The predicted octanol–water partition coefficient (Wildman–Crippen LogP) is 4.12. The van der Waals surface area contributed by atoms with Gasteiger partial charge in [0.1, 0.15) is 17.5 Å². The number of rotatable bonds is 4. The second-order valence-corrected chi connectivity index (χ2v) is 7.15. The van der Waals surface area contributed by atoms with Gasteiger partial charge in [-0.2, -0.15) is 5.26 Å². The number of thiophene rings is 1. The Hall–Kier alpha value is -2.62. The van der Waals surface area contributed by atoms with Crippen molar-refractivity contribution >= 4 is 17.2 Å². The smallest absolute Gasteiger partial charge is 0.142 e. The molecule has 0 aliphatic carbocycles. The Morgan fingerprint density at radius 1 is 1.32 bits per heavy atom. The van der Waals surface area contributed by atoms with Crippen LogP contribution >= 0.6 is 11.3 Å². The molecule has 4 heterocycles. The number of hydrogen-bond acceptors (Lipinski definition) is 6. The molecule has 3 aromatic rings. The summed E-state index contributed by atoms with van der Waals surface area (Å²) in [4.78, 5) is 7.99. The summed E-state index contributed by atoms with van der Waals surface area (Å²) in [6, 6.07) is 8.08. The molecule has 1 saturated heterocycles. The second kappa shape index (κ2) is 6.71. The molecule has 0 aromatic carbocycles. The first-order chi connectivity index (χ1) is 12.2. The third-order valence-corrected chi connectivity index (χ3v) is 5.50. The van der Waals surface area contributed by atoms with Gasteiger partial charge in [-0.15, -0.1) is 11.3 Å². The summed E-state index contributed by atoms with van der Waals surface area (Å²) in [7, 11) is 0. The zero-order valence-corrected chi connectivity index (χ0v) is 14.6. The maximum atomic E-state index is 9.42. The van der Waals surface area contributed by atoms with Crippen LogP contribution < -0.4 is 5.73 Å². The standard InChI is InChI=1S/C19H18N4OS/c20-9-16-15(14-3-6-24-11-14)8-17(22-19(16)21)18-7-13(12-25-18)10-23-4-1-2-5-23/h3,6-8,11-12H,1-2,4-5,10H2,(H2,21,22). The topological polar surface area (TPSA) is 79.1 Å². The molecule has 3 aromatic heterocycles. The highest BCUT2D eigenvalue weighted by molar-refractivity contribution is 7.13. The van der Waals surface area contributed by atoms with E-state index in [1.165, 1.54) is 31.5 Å². The Morgan fingerprint density at radius 3 is 2.88 bits per heavy atom. The molecule has 0 spiro atoms. The fourth-order valence-electron chi connectivity index (χ4n) is 3.25. The van der Waals surface area contributed by atoms with Crippen LogP contribution in [0.2, 0.25) is 0 Å². The van der Waals surface area contributed by atoms with Gasteiger partial charge in [0.15, 0.2) is 0 Å². The lowest BCUT2D eigenvalue weighted by Crippen LogP contribution is -2.17. The van der Waals surface area contributed by atoms with Crippen molar-refractivity contribution in [3.05, 3.63) is 47.2 Å². The minimum absolute atomic E-state index is 0.255. The normalized spacial score (nSPS) is 14.7. The molecule has 0 amide bonds. The molecule has 5 nitrogen and oxygen atoms in total. The van der Waals surface area contributed by atoms with Crippen LogP contribution in [0.1, 0.15) is 24.0 Å². The fraction of sp³-hybridized carbons (Fsp3) is 0.263. The Bertz CT molecular complexity index is 918. The van der Waals surface area contributed by atoms with Gasteiger partial charge in [0.2, 0.25) is 0 Å². The van der Waals surface area contributed by atoms with E-state index in [4.69, 9.17) is 10.2 Å². The molecular formula is C19H18N4OS. The van der Waals surface area contributed by atoms with E-state index in [2.05, 4.69) is 27.4 Å². The van der Waals surface area contributed by atoms with Gasteiger partial charge in [-0.1, -0.05) is 0 Å². The molecule has 1 fully saturated rings. The Morgan fingerprint density at radius 2 is 2.16 bits per heavy atom. The number of anilines is 1. The van der Waals surface area contributed by atoms with Crippen molar-refractivity contribution in [1.82, 2.24) is 9.88 Å². The SMILES string of the molecule is N#Cc1c(-c2ccoc2)cc(-c2cc(CN3CCCC3)cs2)nc1N. The summed E-state index contributed by atoms with van der Waals surface area (Å²) in [5.74, 6) is 0.255. The lowest BCUT2D eigenvalue weighted by molar-refractivity contribution is 0.332. The third kappa shape index (κ3) is 3.16. The van der Waals surface area contributed by atoms with Crippen molar-refractivity contribution in [2.45, 2.75) is 19.4 Å². The molecule has 0 saturated carbocycles. The molecular weight excluding hydrogens is 332 g/mol. The van der Waals surface area contributed by atoms with Crippen molar-refractivity contribution in [2.24, 2.45) is 0 Å². The van der Waals surface area contributed by atoms with Gasteiger partial charge in [0, 0.05) is 17.7 Å². The van der Waals surface area contributed by atoms with Gasteiger partial charge >= 0.3 is 0 Å². The van der Waals surface area contributed by atoms with E-state index in [0.29, 0.717) is 5.56 Å². The summed E-state index contributed by atoms with van der Waals surface area (Å²) in [5.41, 5.74) is 10.1. The lowest BCUT2D eigenvalue weighted by Gasteiger charge is -2.12.